The summed E-state index contributed by atoms with van der Waals surface area (Å²) in [4.78, 5) is 4.17. The molecule has 0 radical (unpaired) electrons. The maximum atomic E-state index is 5.97. The van der Waals surface area contributed by atoms with E-state index in [-0.39, 0.29) is 0 Å². The molecule has 0 aliphatic heterocycles. The van der Waals surface area contributed by atoms with Gasteiger partial charge in [-0.25, -0.2) is 4.98 Å². The molecule has 0 aliphatic carbocycles. The lowest BCUT2D eigenvalue weighted by Gasteiger charge is -2.06. The van der Waals surface area contributed by atoms with Crippen LogP contribution in [0.4, 0.5) is 5.82 Å². The summed E-state index contributed by atoms with van der Waals surface area (Å²) < 4.78 is 1.85. The van der Waals surface area contributed by atoms with E-state index in [9.17, 15) is 0 Å². The fraction of sp³-hybridized carbons (Fsp3) is 0.182. The summed E-state index contributed by atoms with van der Waals surface area (Å²) in [6.45, 7) is 0.639. The van der Waals surface area contributed by atoms with Crippen LogP contribution in [0, 0.1) is 0 Å². The molecule has 2 heterocycles. The van der Waals surface area contributed by atoms with E-state index in [2.05, 4.69) is 10.3 Å². The van der Waals surface area contributed by atoms with E-state index >= 15 is 0 Å². The number of nitrogens with one attached hydrogen (secondary N) is 1. The molecule has 5 heteroatoms. The number of hydrogen-bond donors (Lipinski definition) is 1. The normalized spacial score (nSPS) is 10.4. The van der Waals surface area contributed by atoms with E-state index < -0.39 is 0 Å². The Bertz CT molecular complexity index is 479. The molecule has 16 heavy (non-hydrogen) atoms. The molecule has 84 valence electrons. The maximum absolute atomic E-state index is 5.97. The van der Waals surface area contributed by atoms with Crippen LogP contribution in [0.1, 0.15) is 5.69 Å². The van der Waals surface area contributed by atoms with Gasteiger partial charge in [-0.3, -0.25) is 0 Å². The topological polar surface area (TPSA) is 29.9 Å². The van der Waals surface area contributed by atoms with Crippen molar-refractivity contribution in [2.24, 2.45) is 7.05 Å². The van der Waals surface area contributed by atoms with Crippen molar-refractivity contribution in [3.8, 4) is 0 Å². The fourth-order valence-corrected chi connectivity index (χ4v) is 1.82. The Morgan fingerprint density at radius 2 is 2.19 bits per heavy atom. The van der Waals surface area contributed by atoms with Gasteiger partial charge in [-0.2, -0.15) is 0 Å². The fourth-order valence-electron chi connectivity index (χ4n) is 1.41. The van der Waals surface area contributed by atoms with Crippen molar-refractivity contribution in [1.29, 1.82) is 0 Å². The minimum absolute atomic E-state index is 0.555. The molecule has 0 saturated heterocycles. The highest BCUT2D eigenvalue weighted by Crippen LogP contribution is 2.25. The Morgan fingerprint density at radius 1 is 1.38 bits per heavy atom. The van der Waals surface area contributed by atoms with Gasteiger partial charge in [0.05, 0.1) is 11.6 Å². The predicted molar refractivity (Wildman–Crippen MR) is 67.0 cm³/mol. The average Bonchev–Trinajstić information content (AvgIpc) is 2.56. The molecule has 0 atom stereocenters. The summed E-state index contributed by atoms with van der Waals surface area (Å²) in [5, 5.41) is 4.32. The summed E-state index contributed by atoms with van der Waals surface area (Å²) in [6.07, 6.45) is 1.74. The van der Waals surface area contributed by atoms with Gasteiger partial charge in [0.1, 0.15) is 11.0 Å². The van der Waals surface area contributed by atoms with E-state index in [1.165, 1.54) is 0 Å². The van der Waals surface area contributed by atoms with Crippen LogP contribution in [0.2, 0.25) is 10.2 Å². The Morgan fingerprint density at radius 3 is 2.75 bits per heavy atom. The van der Waals surface area contributed by atoms with Crippen LogP contribution in [-0.2, 0) is 13.6 Å². The Labute approximate surface area is 104 Å². The van der Waals surface area contributed by atoms with Crippen LogP contribution in [0.3, 0.4) is 0 Å². The minimum Gasteiger partial charge on any atom is -0.364 e. The number of rotatable bonds is 3. The second-order valence-electron chi connectivity index (χ2n) is 3.40. The highest BCUT2D eigenvalue weighted by Gasteiger charge is 2.08. The molecular formula is C11H11Cl2N3. The zero-order valence-electron chi connectivity index (χ0n) is 8.74. The molecule has 0 spiro atoms. The Hall–Kier alpha value is -1.19. The molecule has 2 rings (SSSR count). The van der Waals surface area contributed by atoms with Gasteiger partial charge in [0.25, 0.3) is 0 Å². The summed E-state index contributed by atoms with van der Waals surface area (Å²) in [5.74, 6) is 0.830. The van der Waals surface area contributed by atoms with Gasteiger partial charge >= 0.3 is 0 Å². The standard InChI is InChI=1S/C11H11Cl2N3/c1-16-8(6-9(12)11(16)13)7-15-10-4-2-3-5-14-10/h2-6H,7H2,1H3,(H,14,15). The van der Waals surface area contributed by atoms with Gasteiger partial charge < -0.3 is 9.88 Å². The van der Waals surface area contributed by atoms with E-state index in [4.69, 9.17) is 23.2 Å². The number of nitrogens with zero attached hydrogens (tertiary/aromatic N) is 2. The van der Waals surface area contributed by atoms with Crippen LogP contribution in [0.25, 0.3) is 0 Å². The quantitative estimate of drug-likeness (QED) is 0.912. The van der Waals surface area contributed by atoms with Crippen molar-refractivity contribution < 1.29 is 0 Å². The third kappa shape index (κ3) is 2.31. The first-order valence-electron chi connectivity index (χ1n) is 4.83. The SMILES string of the molecule is Cn1c(CNc2ccccn2)cc(Cl)c1Cl. The van der Waals surface area contributed by atoms with Crippen molar-refractivity contribution in [2.75, 3.05) is 5.32 Å². The van der Waals surface area contributed by atoms with Crippen molar-refractivity contribution >= 4 is 29.0 Å². The molecule has 2 aromatic heterocycles. The molecule has 3 nitrogen and oxygen atoms in total. The lowest BCUT2D eigenvalue weighted by Crippen LogP contribution is -2.05. The van der Waals surface area contributed by atoms with Gasteiger partial charge in [0.2, 0.25) is 0 Å². The molecular weight excluding hydrogens is 245 g/mol. The smallest absolute Gasteiger partial charge is 0.127 e. The molecule has 0 aromatic carbocycles. The van der Waals surface area contributed by atoms with Gasteiger partial charge in [-0.15, -0.1) is 0 Å². The Kier molecular flexibility index (Phi) is 3.36. The average molecular weight is 256 g/mol. The first kappa shape index (κ1) is 11.3. The molecule has 0 saturated carbocycles. The second kappa shape index (κ2) is 4.76. The van der Waals surface area contributed by atoms with Gasteiger partial charge in [-0.05, 0) is 18.2 Å². The molecule has 1 N–H and O–H groups in total. The molecule has 0 amide bonds. The Balaban J connectivity index is 2.08. The zero-order chi connectivity index (χ0) is 11.5. The largest absolute Gasteiger partial charge is 0.364 e. The first-order valence-corrected chi connectivity index (χ1v) is 5.58. The van der Waals surface area contributed by atoms with Crippen LogP contribution < -0.4 is 5.32 Å². The highest BCUT2D eigenvalue weighted by molar-refractivity contribution is 6.41. The third-order valence-electron chi connectivity index (χ3n) is 2.33. The summed E-state index contributed by atoms with van der Waals surface area (Å²) in [5.41, 5.74) is 1.01. The number of hydrogen-bond acceptors (Lipinski definition) is 2. The molecule has 0 unspecified atom stereocenters. The first-order chi connectivity index (χ1) is 7.68. The summed E-state index contributed by atoms with van der Waals surface area (Å²) in [7, 11) is 1.88. The van der Waals surface area contributed by atoms with Crippen molar-refractivity contribution in [1.82, 2.24) is 9.55 Å². The number of aromatic nitrogens is 2. The number of anilines is 1. The van der Waals surface area contributed by atoms with E-state index in [1.54, 1.807) is 6.20 Å². The van der Waals surface area contributed by atoms with Crippen LogP contribution in [0.5, 0.6) is 0 Å². The molecule has 0 aliphatic rings. The lowest BCUT2D eigenvalue weighted by molar-refractivity contribution is 0.841. The minimum atomic E-state index is 0.555. The maximum Gasteiger partial charge on any atom is 0.127 e. The lowest BCUT2D eigenvalue weighted by atomic mass is 10.4. The highest BCUT2D eigenvalue weighted by atomic mass is 35.5. The van der Waals surface area contributed by atoms with Crippen LogP contribution in [0.15, 0.2) is 30.5 Å². The summed E-state index contributed by atoms with van der Waals surface area (Å²) in [6, 6.07) is 7.56. The third-order valence-corrected chi connectivity index (χ3v) is 3.17. The van der Waals surface area contributed by atoms with Crippen molar-refractivity contribution in [2.45, 2.75) is 6.54 Å². The van der Waals surface area contributed by atoms with Crippen molar-refractivity contribution in [3.05, 3.63) is 46.3 Å². The van der Waals surface area contributed by atoms with Crippen LogP contribution >= 0.6 is 23.2 Å². The van der Waals surface area contributed by atoms with Gasteiger partial charge in [-0.1, -0.05) is 29.3 Å². The second-order valence-corrected chi connectivity index (χ2v) is 4.17. The van der Waals surface area contributed by atoms with E-state index in [0.29, 0.717) is 16.7 Å². The van der Waals surface area contributed by atoms with Gasteiger partial charge in [0, 0.05) is 18.9 Å². The van der Waals surface area contributed by atoms with Crippen LogP contribution in [-0.4, -0.2) is 9.55 Å². The monoisotopic (exact) mass is 255 g/mol. The van der Waals surface area contributed by atoms with Gasteiger partial charge in [0.15, 0.2) is 0 Å². The van der Waals surface area contributed by atoms with E-state index in [0.717, 1.165) is 11.5 Å². The summed E-state index contributed by atoms with van der Waals surface area (Å²) >= 11 is 11.9. The molecule has 2 aromatic rings. The predicted octanol–water partition coefficient (Wildman–Crippen LogP) is 3.34. The molecule has 0 bridgehead atoms. The molecule has 0 fully saturated rings. The van der Waals surface area contributed by atoms with Crippen molar-refractivity contribution in [3.63, 3.8) is 0 Å². The number of pyridine rings is 1. The number of halogens is 2. The zero-order valence-corrected chi connectivity index (χ0v) is 10.3. The van der Waals surface area contributed by atoms with E-state index in [1.807, 2.05) is 35.9 Å².